The Kier molecular flexibility index (Phi) is 5.25. The standard InChI is InChI=1S/C13H14ClF2N3/c1-4-13(18-7-17)19(3)8(2)9-5-12(16)10(14)6-11(9)15/h5-6,8H,4H2,1-3H3/b18-13+/t8-/m0/s1. The molecule has 0 N–H and O–H groups in total. The number of amidine groups is 1. The highest BCUT2D eigenvalue weighted by Gasteiger charge is 2.20. The van der Waals surface area contributed by atoms with Gasteiger partial charge in [-0.05, 0) is 19.1 Å². The van der Waals surface area contributed by atoms with Crippen LogP contribution in [0, 0.1) is 23.1 Å². The van der Waals surface area contributed by atoms with Crippen molar-refractivity contribution in [3.05, 3.63) is 34.4 Å². The van der Waals surface area contributed by atoms with Crippen molar-refractivity contribution < 1.29 is 8.78 Å². The van der Waals surface area contributed by atoms with Crippen LogP contribution in [0.1, 0.15) is 31.9 Å². The topological polar surface area (TPSA) is 39.4 Å². The number of aliphatic imine (C=N–C) groups is 1. The molecular formula is C13H14ClF2N3. The summed E-state index contributed by atoms with van der Waals surface area (Å²) in [6.07, 6.45) is 2.22. The molecule has 0 saturated carbocycles. The van der Waals surface area contributed by atoms with Crippen LogP contribution in [0.2, 0.25) is 5.02 Å². The molecule has 0 aromatic heterocycles. The van der Waals surface area contributed by atoms with Crippen molar-refractivity contribution in [2.45, 2.75) is 26.3 Å². The zero-order chi connectivity index (χ0) is 14.6. The highest BCUT2D eigenvalue weighted by atomic mass is 35.5. The second-order valence-electron chi connectivity index (χ2n) is 4.06. The molecule has 102 valence electrons. The predicted molar refractivity (Wildman–Crippen MR) is 70.9 cm³/mol. The van der Waals surface area contributed by atoms with Gasteiger partial charge in [0.25, 0.3) is 0 Å². The van der Waals surface area contributed by atoms with E-state index in [2.05, 4.69) is 4.99 Å². The van der Waals surface area contributed by atoms with Gasteiger partial charge in [0.1, 0.15) is 17.5 Å². The largest absolute Gasteiger partial charge is 0.356 e. The van der Waals surface area contributed by atoms with E-state index in [1.54, 1.807) is 25.1 Å². The summed E-state index contributed by atoms with van der Waals surface area (Å²) < 4.78 is 27.2. The Morgan fingerprint density at radius 1 is 1.47 bits per heavy atom. The molecule has 0 saturated heterocycles. The molecule has 6 heteroatoms. The van der Waals surface area contributed by atoms with Crippen molar-refractivity contribution in [1.82, 2.24) is 4.90 Å². The van der Waals surface area contributed by atoms with Gasteiger partial charge in [0.15, 0.2) is 0 Å². The zero-order valence-electron chi connectivity index (χ0n) is 10.9. The maximum Gasteiger partial charge on any atom is 0.207 e. The molecule has 0 fully saturated rings. The Morgan fingerprint density at radius 2 is 2.11 bits per heavy atom. The first-order valence-corrected chi connectivity index (χ1v) is 6.13. The predicted octanol–water partition coefficient (Wildman–Crippen LogP) is 3.90. The molecule has 0 aliphatic rings. The zero-order valence-corrected chi connectivity index (χ0v) is 11.7. The fraction of sp³-hybridized carbons (Fsp3) is 0.385. The van der Waals surface area contributed by atoms with Crippen LogP contribution in [0.3, 0.4) is 0 Å². The van der Waals surface area contributed by atoms with Gasteiger partial charge in [0.05, 0.1) is 11.1 Å². The van der Waals surface area contributed by atoms with Crippen molar-refractivity contribution in [2.75, 3.05) is 7.05 Å². The van der Waals surface area contributed by atoms with Gasteiger partial charge in [0.2, 0.25) is 6.19 Å². The summed E-state index contributed by atoms with van der Waals surface area (Å²) in [4.78, 5) is 5.30. The summed E-state index contributed by atoms with van der Waals surface area (Å²) >= 11 is 5.51. The minimum atomic E-state index is -0.673. The normalized spacial score (nSPS) is 13.0. The van der Waals surface area contributed by atoms with Crippen LogP contribution in [-0.2, 0) is 0 Å². The Morgan fingerprint density at radius 3 is 2.63 bits per heavy atom. The summed E-state index contributed by atoms with van der Waals surface area (Å²) in [5, 5.41) is 8.34. The molecule has 1 aromatic rings. The van der Waals surface area contributed by atoms with Gasteiger partial charge in [-0.15, -0.1) is 0 Å². The molecule has 0 radical (unpaired) electrons. The quantitative estimate of drug-likeness (QED) is 0.366. The Labute approximate surface area is 116 Å². The van der Waals surface area contributed by atoms with E-state index in [-0.39, 0.29) is 10.6 Å². The summed E-state index contributed by atoms with van der Waals surface area (Å²) in [6.45, 7) is 3.53. The van der Waals surface area contributed by atoms with Gasteiger partial charge in [-0.3, -0.25) is 0 Å². The Bertz CT molecular complexity index is 537. The molecule has 1 rings (SSSR count). The van der Waals surface area contributed by atoms with E-state index < -0.39 is 17.7 Å². The number of hydrogen-bond donors (Lipinski definition) is 0. The number of benzene rings is 1. The number of rotatable bonds is 3. The Hall–Kier alpha value is -1.67. The maximum absolute atomic E-state index is 13.8. The third-order valence-corrected chi connectivity index (χ3v) is 3.26. The van der Waals surface area contributed by atoms with Crippen LogP contribution in [-0.4, -0.2) is 17.8 Å². The molecule has 3 nitrogen and oxygen atoms in total. The number of hydrogen-bond acceptors (Lipinski definition) is 2. The Balaban J connectivity index is 3.13. The lowest BCUT2D eigenvalue weighted by molar-refractivity contribution is 0.381. The van der Waals surface area contributed by atoms with Gasteiger partial charge >= 0.3 is 0 Å². The van der Waals surface area contributed by atoms with E-state index in [1.165, 1.54) is 0 Å². The highest BCUT2D eigenvalue weighted by Crippen LogP contribution is 2.27. The van der Waals surface area contributed by atoms with Gasteiger partial charge in [-0.1, -0.05) is 18.5 Å². The molecular weight excluding hydrogens is 272 g/mol. The third kappa shape index (κ3) is 3.42. The van der Waals surface area contributed by atoms with Gasteiger partial charge in [-0.25, -0.2) is 8.78 Å². The van der Waals surface area contributed by atoms with E-state index in [1.807, 2.05) is 6.92 Å². The fourth-order valence-electron chi connectivity index (χ4n) is 1.76. The van der Waals surface area contributed by atoms with Gasteiger partial charge in [0, 0.05) is 19.0 Å². The lowest BCUT2D eigenvalue weighted by Gasteiger charge is -2.27. The molecule has 0 aliphatic carbocycles. The monoisotopic (exact) mass is 285 g/mol. The number of nitriles is 1. The first-order valence-electron chi connectivity index (χ1n) is 5.75. The summed E-state index contributed by atoms with van der Waals surface area (Å²) in [7, 11) is 1.68. The van der Waals surface area contributed by atoms with Gasteiger partial charge < -0.3 is 4.90 Å². The van der Waals surface area contributed by atoms with Crippen LogP contribution in [0.4, 0.5) is 8.78 Å². The summed E-state index contributed by atoms with van der Waals surface area (Å²) in [5.74, 6) is -0.753. The van der Waals surface area contributed by atoms with Crippen LogP contribution in [0.5, 0.6) is 0 Å². The lowest BCUT2D eigenvalue weighted by Crippen LogP contribution is -2.29. The van der Waals surface area contributed by atoms with Gasteiger partial charge in [-0.2, -0.15) is 10.3 Å². The number of nitrogens with zero attached hydrogens (tertiary/aromatic N) is 3. The summed E-state index contributed by atoms with van der Waals surface area (Å²) in [6, 6.07) is 1.56. The highest BCUT2D eigenvalue weighted by molar-refractivity contribution is 6.30. The minimum Gasteiger partial charge on any atom is -0.356 e. The van der Waals surface area contributed by atoms with Crippen molar-refractivity contribution >= 4 is 17.4 Å². The van der Waals surface area contributed by atoms with E-state index in [0.29, 0.717) is 12.3 Å². The fourth-order valence-corrected chi connectivity index (χ4v) is 1.91. The molecule has 0 bridgehead atoms. The van der Waals surface area contributed by atoms with Crippen molar-refractivity contribution in [2.24, 2.45) is 4.99 Å². The second kappa shape index (κ2) is 6.48. The molecule has 19 heavy (non-hydrogen) atoms. The maximum atomic E-state index is 13.8. The van der Waals surface area contributed by atoms with E-state index in [9.17, 15) is 8.78 Å². The van der Waals surface area contributed by atoms with Crippen molar-refractivity contribution in [3.8, 4) is 6.19 Å². The van der Waals surface area contributed by atoms with Crippen LogP contribution in [0.25, 0.3) is 0 Å². The van der Waals surface area contributed by atoms with Crippen LogP contribution in [0.15, 0.2) is 17.1 Å². The first kappa shape index (κ1) is 15.4. The third-order valence-electron chi connectivity index (χ3n) is 2.97. The molecule has 1 atom stereocenters. The van der Waals surface area contributed by atoms with Crippen molar-refractivity contribution in [3.63, 3.8) is 0 Å². The van der Waals surface area contributed by atoms with Crippen molar-refractivity contribution in [1.29, 1.82) is 5.26 Å². The summed E-state index contributed by atoms with van der Waals surface area (Å²) in [5.41, 5.74) is 0.170. The SMILES string of the molecule is CC/C(=N\C#N)N(C)[C@@H](C)c1cc(F)c(Cl)cc1F. The molecule has 1 aromatic carbocycles. The second-order valence-corrected chi connectivity index (χ2v) is 4.46. The minimum absolute atomic E-state index is 0.170. The molecule has 0 heterocycles. The average Bonchev–Trinajstić information content (AvgIpc) is 2.38. The van der Waals surface area contributed by atoms with E-state index in [0.717, 1.165) is 12.1 Å². The molecule has 0 aliphatic heterocycles. The lowest BCUT2D eigenvalue weighted by atomic mass is 10.1. The smallest absolute Gasteiger partial charge is 0.207 e. The molecule has 0 amide bonds. The van der Waals surface area contributed by atoms with Crippen LogP contribution < -0.4 is 0 Å². The van der Waals surface area contributed by atoms with E-state index >= 15 is 0 Å². The molecule has 0 unspecified atom stereocenters. The molecule has 0 spiro atoms. The van der Waals surface area contributed by atoms with E-state index in [4.69, 9.17) is 16.9 Å². The first-order chi connectivity index (χ1) is 8.92. The average molecular weight is 286 g/mol. The van der Waals surface area contributed by atoms with Crippen LogP contribution >= 0.6 is 11.6 Å². The number of halogens is 3.